The first-order valence-corrected chi connectivity index (χ1v) is 12.2. The number of rotatable bonds is 8. The molecule has 0 radical (unpaired) electrons. The molecular weight excluding hydrogens is 545 g/mol. The second kappa shape index (κ2) is 11.3. The molecule has 9 nitrogen and oxygen atoms in total. The van der Waals surface area contributed by atoms with E-state index in [1.807, 2.05) is 18.2 Å². The molecule has 4 rings (SSSR count). The van der Waals surface area contributed by atoms with Crippen LogP contribution in [0, 0.1) is 5.92 Å². The van der Waals surface area contributed by atoms with Gasteiger partial charge in [-0.25, -0.2) is 8.42 Å². The van der Waals surface area contributed by atoms with Crippen molar-refractivity contribution in [2.75, 3.05) is 39.8 Å². The van der Waals surface area contributed by atoms with Crippen LogP contribution in [0.25, 0.3) is 0 Å². The summed E-state index contributed by atoms with van der Waals surface area (Å²) < 4.78 is 37.5. The first-order chi connectivity index (χ1) is 15.0. The first-order valence-electron chi connectivity index (χ1n) is 10.6. The van der Waals surface area contributed by atoms with Crippen molar-refractivity contribution in [2.24, 2.45) is 10.9 Å². The van der Waals surface area contributed by atoms with Gasteiger partial charge >= 0.3 is 0 Å². The molecule has 0 bridgehead atoms. The molecule has 1 aliphatic carbocycles. The predicted molar refractivity (Wildman–Crippen MR) is 133 cm³/mol. The number of guanidine groups is 1. The maximum absolute atomic E-state index is 12.6. The lowest BCUT2D eigenvalue weighted by atomic mass is 10.2. The third kappa shape index (κ3) is 6.58. The van der Waals surface area contributed by atoms with E-state index in [9.17, 15) is 8.42 Å². The van der Waals surface area contributed by atoms with Crippen molar-refractivity contribution in [3.05, 3.63) is 47.9 Å². The van der Waals surface area contributed by atoms with E-state index < -0.39 is 10.0 Å². The van der Waals surface area contributed by atoms with Gasteiger partial charge in [-0.15, -0.1) is 24.0 Å². The highest BCUT2D eigenvalue weighted by atomic mass is 127. The number of sulfonamides is 1. The summed E-state index contributed by atoms with van der Waals surface area (Å²) in [5.74, 6) is 2.21. The molecule has 32 heavy (non-hydrogen) atoms. The Bertz CT molecular complexity index is 987. The van der Waals surface area contributed by atoms with Gasteiger partial charge in [0, 0.05) is 51.4 Å². The fourth-order valence-corrected chi connectivity index (χ4v) is 4.98. The Morgan fingerprint density at radius 2 is 1.97 bits per heavy atom. The second-order valence-electron chi connectivity index (χ2n) is 7.90. The van der Waals surface area contributed by atoms with Crippen molar-refractivity contribution in [3.63, 3.8) is 0 Å². The largest absolute Gasteiger partial charge is 0.493 e. The summed E-state index contributed by atoms with van der Waals surface area (Å²) in [7, 11) is -1.68. The second-order valence-corrected chi connectivity index (χ2v) is 9.86. The van der Waals surface area contributed by atoms with Gasteiger partial charge in [-0.1, -0.05) is 23.4 Å². The summed E-state index contributed by atoms with van der Waals surface area (Å²) in [5.41, 5.74) is 1.50. The molecule has 0 unspecified atom stereocenters. The average molecular weight is 575 g/mol. The van der Waals surface area contributed by atoms with Gasteiger partial charge in [0.1, 0.15) is 17.8 Å². The topological polar surface area (TPSA) is 100 Å². The molecule has 11 heteroatoms. The molecule has 1 saturated heterocycles. The Morgan fingerprint density at radius 1 is 1.22 bits per heavy atom. The highest BCUT2D eigenvalue weighted by Gasteiger charge is 2.29. The minimum Gasteiger partial charge on any atom is -0.493 e. The predicted octanol–water partition coefficient (Wildman–Crippen LogP) is 2.30. The van der Waals surface area contributed by atoms with Crippen molar-refractivity contribution in [1.29, 1.82) is 0 Å². The normalized spacial score (nSPS) is 17.7. The fraction of sp³-hybridized carbons (Fsp3) is 0.524. The summed E-state index contributed by atoms with van der Waals surface area (Å²) >= 11 is 0. The molecule has 2 aromatic rings. The number of piperazine rings is 1. The van der Waals surface area contributed by atoms with E-state index in [4.69, 9.17) is 9.26 Å². The zero-order valence-corrected chi connectivity index (χ0v) is 21.3. The van der Waals surface area contributed by atoms with E-state index in [1.54, 1.807) is 13.1 Å². The van der Waals surface area contributed by atoms with Gasteiger partial charge in [0.25, 0.3) is 0 Å². The summed E-state index contributed by atoms with van der Waals surface area (Å²) in [6, 6.07) is 9.62. The van der Waals surface area contributed by atoms with E-state index in [0.29, 0.717) is 44.3 Å². The molecule has 2 heterocycles. The van der Waals surface area contributed by atoms with Crippen LogP contribution in [0.2, 0.25) is 0 Å². The smallest absolute Gasteiger partial charge is 0.220 e. The number of benzene rings is 1. The van der Waals surface area contributed by atoms with Gasteiger partial charge < -0.3 is 19.5 Å². The Morgan fingerprint density at radius 3 is 2.62 bits per heavy atom. The lowest BCUT2D eigenvalue weighted by molar-refractivity contribution is 0.259. The van der Waals surface area contributed by atoms with Crippen LogP contribution in [0.3, 0.4) is 0 Å². The standard InChI is InChI=1S/C21H29N5O4S.HI/c1-22-21(23-14-18-4-2-3-5-20(18)29-15-17-6-7-17)25-9-11-26(12-10-25)31(27,28)16-19-8-13-30-24-19;/h2-5,8,13,17H,6-7,9-12,14-16H2,1H3,(H,22,23);1H. The summed E-state index contributed by atoms with van der Waals surface area (Å²) in [4.78, 5) is 6.47. The van der Waals surface area contributed by atoms with E-state index >= 15 is 0 Å². The molecule has 0 spiro atoms. The quantitative estimate of drug-likeness (QED) is 0.293. The number of para-hydroxylation sites is 1. The van der Waals surface area contributed by atoms with E-state index in [-0.39, 0.29) is 29.7 Å². The Labute approximate surface area is 206 Å². The van der Waals surface area contributed by atoms with Gasteiger partial charge in [0.2, 0.25) is 10.0 Å². The number of aromatic nitrogens is 1. The molecule has 2 fully saturated rings. The Kier molecular flexibility index (Phi) is 8.77. The molecule has 1 saturated carbocycles. The first kappa shape index (κ1) is 24.8. The Hall–Kier alpha value is -1.86. The number of aliphatic imine (C=N–C) groups is 1. The number of hydrogen-bond donors (Lipinski definition) is 1. The highest BCUT2D eigenvalue weighted by molar-refractivity contribution is 14.0. The SMILES string of the molecule is CN=C(NCc1ccccc1OCC1CC1)N1CCN(S(=O)(=O)Cc2ccon2)CC1.I. The Balaban J connectivity index is 0.00000289. The van der Waals surface area contributed by atoms with Gasteiger partial charge in [-0.2, -0.15) is 4.31 Å². The van der Waals surface area contributed by atoms with Crippen molar-refractivity contribution in [2.45, 2.75) is 25.1 Å². The monoisotopic (exact) mass is 575 g/mol. The average Bonchev–Trinajstić information content (AvgIpc) is 3.48. The van der Waals surface area contributed by atoms with Crippen molar-refractivity contribution in [3.8, 4) is 5.75 Å². The molecule has 1 aromatic heterocycles. The minimum absolute atomic E-state index is 0. The number of ether oxygens (including phenoxy) is 1. The number of nitrogens with zero attached hydrogens (tertiary/aromatic N) is 4. The van der Waals surface area contributed by atoms with Crippen LogP contribution in [0.4, 0.5) is 0 Å². The number of nitrogens with one attached hydrogen (secondary N) is 1. The van der Waals surface area contributed by atoms with Gasteiger partial charge in [0.15, 0.2) is 5.96 Å². The highest BCUT2D eigenvalue weighted by Crippen LogP contribution is 2.30. The van der Waals surface area contributed by atoms with Crippen molar-refractivity contribution >= 4 is 40.0 Å². The molecule has 1 aromatic carbocycles. The number of halogens is 1. The molecule has 0 atom stereocenters. The van der Waals surface area contributed by atoms with Crippen LogP contribution in [0.5, 0.6) is 5.75 Å². The summed E-state index contributed by atoms with van der Waals surface area (Å²) in [6.45, 7) is 3.31. The van der Waals surface area contributed by atoms with E-state index in [2.05, 4.69) is 26.4 Å². The molecule has 1 N–H and O–H groups in total. The van der Waals surface area contributed by atoms with Crippen LogP contribution >= 0.6 is 24.0 Å². The summed E-state index contributed by atoms with van der Waals surface area (Å²) in [6.07, 6.45) is 3.90. The number of hydrogen-bond acceptors (Lipinski definition) is 6. The van der Waals surface area contributed by atoms with Crippen LogP contribution in [-0.2, 0) is 22.3 Å². The lowest BCUT2D eigenvalue weighted by Crippen LogP contribution is -2.53. The van der Waals surface area contributed by atoms with Crippen molar-refractivity contribution in [1.82, 2.24) is 19.7 Å². The lowest BCUT2D eigenvalue weighted by Gasteiger charge is -2.35. The zero-order valence-electron chi connectivity index (χ0n) is 18.1. The van der Waals surface area contributed by atoms with Gasteiger partial charge in [-0.3, -0.25) is 4.99 Å². The minimum atomic E-state index is -3.42. The fourth-order valence-electron chi connectivity index (χ4n) is 3.56. The molecule has 1 aliphatic heterocycles. The zero-order chi connectivity index (χ0) is 21.7. The molecule has 0 amide bonds. The van der Waals surface area contributed by atoms with Crippen LogP contribution in [0.15, 0.2) is 46.1 Å². The maximum Gasteiger partial charge on any atom is 0.220 e. The van der Waals surface area contributed by atoms with Crippen LogP contribution in [0.1, 0.15) is 24.1 Å². The van der Waals surface area contributed by atoms with Gasteiger partial charge in [0.05, 0.1) is 12.3 Å². The van der Waals surface area contributed by atoms with Gasteiger partial charge in [-0.05, 0) is 24.8 Å². The molecule has 2 aliphatic rings. The third-order valence-corrected chi connectivity index (χ3v) is 7.36. The van der Waals surface area contributed by atoms with E-state index in [1.165, 1.54) is 23.4 Å². The maximum atomic E-state index is 12.6. The molecule has 176 valence electrons. The third-order valence-electron chi connectivity index (χ3n) is 5.55. The van der Waals surface area contributed by atoms with Crippen LogP contribution in [-0.4, -0.2) is 68.6 Å². The van der Waals surface area contributed by atoms with Crippen LogP contribution < -0.4 is 10.1 Å². The summed E-state index contributed by atoms with van der Waals surface area (Å²) in [5, 5.41) is 7.10. The van der Waals surface area contributed by atoms with E-state index in [0.717, 1.165) is 23.9 Å². The van der Waals surface area contributed by atoms with Crippen molar-refractivity contribution < 1.29 is 17.7 Å². The molecular formula is C21H30IN5O4S.